The first-order valence-corrected chi connectivity index (χ1v) is 4.62. The van der Waals surface area contributed by atoms with Crippen LogP contribution in [0.3, 0.4) is 0 Å². The van der Waals surface area contributed by atoms with Gasteiger partial charge < -0.3 is 10.2 Å². The van der Waals surface area contributed by atoms with E-state index in [2.05, 4.69) is 0 Å². The van der Waals surface area contributed by atoms with E-state index in [-0.39, 0.29) is 13.2 Å². The van der Waals surface area contributed by atoms with Crippen LogP contribution in [0.15, 0.2) is 30.3 Å². The predicted molar refractivity (Wildman–Crippen MR) is 56.0 cm³/mol. The molecule has 0 atom stereocenters. The van der Waals surface area contributed by atoms with Gasteiger partial charge in [-0.25, -0.2) is 0 Å². The maximum absolute atomic E-state index is 9.40. The SMILES string of the molecule is CN(C)C(CO)(CO)c1ccccc1. The minimum Gasteiger partial charge on any atom is -0.394 e. The zero-order valence-corrected chi connectivity index (χ0v) is 8.64. The standard InChI is InChI=1S/C11H17NO2/c1-12(2)11(8-13,9-14)10-6-4-3-5-7-10/h3-7,13-14H,8-9H2,1-2H3. The van der Waals surface area contributed by atoms with E-state index < -0.39 is 5.54 Å². The molecule has 0 saturated heterocycles. The highest BCUT2D eigenvalue weighted by molar-refractivity contribution is 5.24. The molecule has 78 valence electrons. The van der Waals surface area contributed by atoms with Crippen LogP contribution in [-0.4, -0.2) is 42.4 Å². The lowest BCUT2D eigenvalue weighted by atomic mass is 9.90. The van der Waals surface area contributed by atoms with Gasteiger partial charge in [0.2, 0.25) is 0 Å². The van der Waals surface area contributed by atoms with Gasteiger partial charge in [0.1, 0.15) is 0 Å². The molecule has 1 aromatic rings. The summed E-state index contributed by atoms with van der Waals surface area (Å²) in [6.45, 7) is -0.193. The van der Waals surface area contributed by atoms with Crippen LogP contribution in [0.25, 0.3) is 0 Å². The van der Waals surface area contributed by atoms with Gasteiger partial charge in [0.25, 0.3) is 0 Å². The highest BCUT2D eigenvalue weighted by Crippen LogP contribution is 2.25. The van der Waals surface area contributed by atoms with Crippen molar-refractivity contribution < 1.29 is 10.2 Å². The third-order valence-corrected chi connectivity index (χ3v) is 2.69. The summed E-state index contributed by atoms with van der Waals surface area (Å²) in [6, 6.07) is 9.54. The summed E-state index contributed by atoms with van der Waals surface area (Å²) < 4.78 is 0. The molecule has 0 unspecified atom stereocenters. The van der Waals surface area contributed by atoms with Crippen LogP contribution >= 0.6 is 0 Å². The topological polar surface area (TPSA) is 43.7 Å². The van der Waals surface area contributed by atoms with Gasteiger partial charge in [-0.15, -0.1) is 0 Å². The van der Waals surface area contributed by atoms with Gasteiger partial charge in [-0.05, 0) is 19.7 Å². The first kappa shape index (κ1) is 11.2. The van der Waals surface area contributed by atoms with E-state index in [1.807, 2.05) is 49.3 Å². The Morgan fingerprint density at radius 1 is 1.07 bits per heavy atom. The van der Waals surface area contributed by atoms with Crippen LogP contribution in [0.1, 0.15) is 5.56 Å². The number of aliphatic hydroxyl groups is 2. The Morgan fingerprint density at radius 2 is 1.57 bits per heavy atom. The average Bonchev–Trinajstić information content (AvgIpc) is 2.22. The molecule has 0 aliphatic heterocycles. The lowest BCUT2D eigenvalue weighted by molar-refractivity contribution is 0.0135. The fraction of sp³-hybridized carbons (Fsp3) is 0.455. The van der Waals surface area contributed by atoms with Crippen LogP contribution in [0.5, 0.6) is 0 Å². The van der Waals surface area contributed by atoms with E-state index in [1.165, 1.54) is 0 Å². The van der Waals surface area contributed by atoms with Gasteiger partial charge in [-0.2, -0.15) is 0 Å². The summed E-state index contributed by atoms with van der Waals surface area (Å²) >= 11 is 0. The van der Waals surface area contributed by atoms with E-state index in [1.54, 1.807) is 0 Å². The van der Waals surface area contributed by atoms with Crippen molar-refractivity contribution in [1.82, 2.24) is 4.90 Å². The Bertz CT molecular complexity index is 268. The monoisotopic (exact) mass is 195 g/mol. The van der Waals surface area contributed by atoms with Crippen LogP contribution in [-0.2, 0) is 5.54 Å². The molecule has 0 spiro atoms. The van der Waals surface area contributed by atoms with Gasteiger partial charge in [-0.3, -0.25) is 4.90 Å². The van der Waals surface area contributed by atoms with Gasteiger partial charge >= 0.3 is 0 Å². The molecule has 0 radical (unpaired) electrons. The van der Waals surface area contributed by atoms with E-state index in [4.69, 9.17) is 0 Å². The second-order valence-electron chi connectivity index (χ2n) is 3.61. The molecule has 3 nitrogen and oxygen atoms in total. The lowest BCUT2D eigenvalue weighted by Crippen LogP contribution is -2.47. The molecule has 0 aliphatic rings. The summed E-state index contributed by atoms with van der Waals surface area (Å²) in [4.78, 5) is 1.84. The normalized spacial score (nSPS) is 12.1. The summed E-state index contributed by atoms with van der Waals surface area (Å²) in [5.41, 5.74) is 0.247. The second kappa shape index (κ2) is 4.55. The van der Waals surface area contributed by atoms with Gasteiger partial charge in [-0.1, -0.05) is 30.3 Å². The molecule has 0 saturated carbocycles. The second-order valence-corrected chi connectivity index (χ2v) is 3.61. The predicted octanol–water partition coefficient (Wildman–Crippen LogP) is 0.428. The fourth-order valence-electron chi connectivity index (χ4n) is 1.52. The van der Waals surface area contributed by atoms with E-state index in [0.717, 1.165) is 5.56 Å². The number of hydrogen-bond donors (Lipinski definition) is 2. The molecule has 2 N–H and O–H groups in total. The molecule has 3 heteroatoms. The number of nitrogens with zero attached hydrogens (tertiary/aromatic N) is 1. The number of benzene rings is 1. The quantitative estimate of drug-likeness (QED) is 0.732. The highest BCUT2D eigenvalue weighted by atomic mass is 16.3. The Morgan fingerprint density at radius 3 is 1.93 bits per heavy atom. The van der Waals surface area contributed by atoms with Crippen molar-refractivity contribution in [2.45, 2.75) is 5.54 Å². The van der Waals surface area contributed by atoms with Crippen molar-refractivity contribution in [2.75, 3.05) is 27.3 Å². The minimum absolute atomic E-state index is 0.0967. The minimum atomic E-state index is -0.679. The van der Waals surface area contributed by atoms with Crippen LogP contribution in [0.2, 0.25) is 0 Å². The molecular weight excluding hydrogens is 178 g/mol. The van der Waals surface area contributed by atoms with Crippen molar-refractivity contribution in [1.29, 1.82) is 0 Å². The molecule has 0 fully saturated rings. The van der Waals surface area contributed by atoms with Crippen molar-refractivity contribution in [2.24, 2.45) is 0 Å². The average molecular weight is 195 g/mol. The van der Waals surface area contributed by atoms with Gasteiger partial charge in [0, 0.05) is 0 Å². The smallest absolute Gasteiger partial charge is 0.0923 e. The maximum Gasteiger partial charge on any atom is 0.0923 e. The van der Waals surface area contributed by atoms with Crippen molar-refractivity contribution >= 4 is 0 Å². The largest absolute Gasteiger partial charge is 0.394 e. The zero-order chi connectivity index (χ0) is 10.6. The highest BCUT2D eigenvalue weighted by Gasteiger charge is 2.33. The first-order chi connectivity index (χ1) is 6.67. The van der Waals surface area contributed by atoms with E-state index in [0.29, 0.717) is 0 Å². The first-order valence-electron chi connectivity index (χ1n) is 4.62. The zero-order valence-electron chi connectivity index (χ0n) is 8.64. The molecule has 0 amide bonds. The van der Waals surface area contributed by atoms with Gasteiger partial charge in [0.05, 0.1) is 18.8 Å². The van der Waals surface area contributed by atoms with Crippen molar-refractivity contribution in [3.8, 4) is 0 Å². The maximum atomic E-state index is 9.40. The molecule has 0 aromatic heterocycles. The van der Waals surface area contributed by atoms with E-state index in [9.17, 15) is 10.2 Å². The lowest BCUT2D eigenvalue weighted by Gasteiger charge is -2.37. The molecular formula is C11H17NO2. The number of rotatable bonds is 4. The van der Waals surface area contributed by atoms with Crippen LogP contribution < -0.4 is 0 Å². The molecule has 1 aromatic carbocycles. The Kier molecular flexibility index (Phi) is 3.63. The summed E-state index contributed by atoms with van der Waals surface area (Å²) in [5, 5.41) is 18.8. The summed E-state index contributed by atoms with van der Waals surface area (Å²) in [6.07, 6.45) is 0. The molecule has 0 aliphatic carbocycles. The third-order valence-electron chi connectivity index (χ3n) is 2.69. The number of likely N-dealkylation sites (N-methyl/N-ethyl adjacent to an activating group) is 1. The molecule has 14 heavy (non-hydrogen) atoms. The van der Waals surface area contributed by atoms with E-state index >= 15 is 0 Å². The summed E-state index contributed by atoms with van der Waals surface area (Å²) in [5.74, 6) is 0. The third kappa shape index (κ3) is 1.80. The summed E-state index contributed by atoms with van der Waals surface area (Å²) in [7, 11) is 3.69. The Balaban J connectivity index is 3.11. The molecule has 0 bridgehead atoms. The Labute approximate surface area is 84.6 Å². The fourth-order valence-corrected chi connectivity index (χ4v) is 1.52. The van der Waals surface area contributed by atoms with Gasteiger partial charge in [0.15, 0.2) is 0 Å². The Hall–Kier alpha value is -0.900. The number of hydrogen-bond acceptors (Lipinski definition) is 3. The number of aliphatic hydroxyl groups excluding tert-OH is 2. The van der Waals surface area contributed by atoms with Crippen LogP contribution in [0.4, 0.5) is 0 Å². The molecule has 1 rings (SSSR count). The molecule has 0 heterocycles. The van der Waals surface area contributed by atoms with Crippen LogP contribution in [0, 0.1) is 0 Å². The van der Waals surface area contributed by atoms with Crippen molar-refractivity contribution in [3.05, 3.63) is 35.9 Å². The van der Waals surface area contributed by atoms with Crippen molar-refractivity contribution in [3.63, 3.8) is 0 Å².